The van der Waals surface area contributed by atoms with E-state index in [4.69, 9.17) is 9.26 Å². The summed E-state index contributed by atoms with van der Waals surface area (Å²) in [5, 5.41) is 6.66. The van der Waals surface area contributed by atoms with E-state index >= 15 is 0 Å². The Morgan fingerprint density at radius 2 is 2.42 bits per heavy atom. The van der Waals surface area contributed by atoms with E-state index in [2.05, 4.69) is 15.5 Å². The zero-order chi connectivity index (χ0) is 13.4. The Morgan fingerprint density at radius 3 is 3.21 bits per heavy atom. The molecule has 8 nitrogen and oxygen atoms in total. The second-order valence-corrected chi connectivity index (χ2v) is 4.57. The molecular weight excluding hydrogens is 252 g/mol. The number of hydrogen-bond acceptors (Lipinski definition) is 6. The Bertz CT molecular complexity index is 515. The quantitative estimate of drug-likeness (QED) is 0.799. The molecule has 1 N–H and O–H groups in total. The fourth-order valence-corrected chi connectivity index (χ4v) is 2.49. The maximum atomic E-state index is 11.7. The maximum absolute atomic E-state index is 11.7. The molecule has 2 bridgehead atoms. The molecule has 0 saturated carbocycles. The second kappa shape index (κ2) is 4.52. The minimum absolute atomic E-state index is 0.116. The van der Waals surface area contributed by atoms with Crippen LogP contribution in [0.3, 0.4) is 0 Å². The highest BCUT2D eigenvalue weighted by atomic mass is 16.6. The molecule has 0 aliphatic carbocycles. The molecule has 0 aromatic carbocycles. The van der Waals surface area contributed by atoms with Crippen LogP contribution in [-0.2, 0) is 4.74 Å². The normalized spacial score (nSPS) is 25.3. The predicted molar refractivity (Wildman–Crippen MR) is 61.3 cm³/mol. The molecule has 8 heteroatoms. The van der Waals surface area contributed by atoms with Crippen LogP contribution in [-0.4, -0.2) is 46.2 Å². The molecule has 19 heavy (non-hydrogen) atoms. The number of aromatic nitrogens is 2. The van der Waals surface area contributed by atoms with Crippen molar-refractivity contribution in [2.24, 2.45) is 0 Å². The first-order valence-corrected chi connectivity index (χ1v) is 6.27. The van der Waals surface area contributed by atoms with Crippen molar-refractivity contribution in [2.45, 2.75) is 31.8 Å². The second-order valence-electron chi connectivity index (χ2n) is 4.57. The van der Waals surface area contributed by atoms with Crippen molar-refractivity contribution in [3.8, 4) is 0 Å². The molecule has 0 radical (unpaired) electrons. The summed E-state index contributed by atoms with van der Waals surface area (Å²) in [6.45, 7) is 2.59. The Morgan fingerprint density at radius 1 is 1.58 bits per heavy atom. The number of nitrogens with zero attached hydrogens (tertiary/aromatic N) is 3. The van der Waals surface area contributed by atoms with Crippen molar-refractivity contribution in [2.75, 3.05) is 13.2 Å². The van der Waals surface area contributed by atoms with E-state index in [9.17, 15) is 9.59 Å². The van der Waals surface area contributed by atoms with Gasteiger partial charge in [-0.3, -0.25) is 0 Å². The van der Waals surface area contributed by atoms with Gasteiger partial charge in [-0.15, -0.1) is 0 Å². The number of ether oxygens (including phenoxy) is 1. The first-order chi connectivity index (χ1) is 9.19. The summed E-state index contributed by atoms with van der Waals surface area (Å²) in [7, 11) is 0. The van der Waals surface area contributed by atoms with Crippen molar-refractivity contribution < 1.29 is 18.8 Å². The highest BCUT2D eigenvalue weighted by molar-refractivity contribution is 5.84. The Labute approximate surface area is 109 Å². The number of piperidine rings is 1. The first kappa shape index (κ1) is 11.9. The van der Waals surface area contributed by atoms with Gasteiger partial charge in [-0.05, 0) is 19.8 Å². The zero-order valence-corrected chi connectivity index (χ0v) is 10.5. The van der Waals surface area contributed by atoms with Crippen LogP contribution in [0, 0.1) is 0 Å². The fourth-order valence-electron chi connectivity index (χ4n) is 2.49. The van der Waals surface area contributed by atoms with E-state index < -0.39 is 5.97 Å². The number of nitrogens with one attached hydrogen (secondary N) is 1. The van der Waals surface area contributed by atoms with Crippen molar-refractivity contribution in [1.29, 1.82) is 0 Å². The lowest BCUT2D eigenvalue weighted by Gasteiger charge is -2.27. The Balaban J connectivity index is 1.79. The van der Waals surface area contributed by atoms with Crippen LogP contribution in [0.15, 0.2) is 4.52 Å². The highest BCUT2D eigenvalue weighted by Crippen LogP contribution is 2.32. The van der Waals surface area contributed by atoms with Gasteiger partial charge in [0.25, 0.3) is 0 Å². The van der Waals surface area contributed by atoms with Crippen molar-refractivity contribution in [1.82, 2.24) is 20.4 Å². The molecule has 102 valence electrons. The summed E-state index contributed by atoms with van der Waals surface area (Å²) in [6.07, 6.45) is 1.63. The van der Waals surface area contributed by atoms with Gasteiger partial charge in [-0.25, -0.2) is 9.59 Å². The van der Waals surface area contributed by atoms with Crippen molar-refractivity contribution >= 4 is 12.0 Å². The van der Waals surface area contributed by atoms with Gasteiger partial charge in [-0.1, -0.05) is 5.16 Å². The van der Waals surface area contributed by atoms with Gasteiger partial charge < -0.3 is 19.5 Å². The third-order valence-electron chi connectivity index (χ3n) is 3.36. The van der Waals surface area contributed by atoms with Crippen LogP contribution >= 0.6 is 0 Å². The zero-order valence-electron chi connectivity index (χ0n) is 10.5. The molecule has 2 aliphatic heterocycles. The number of amides is 2. The van der Waals surface area contributed by atoms with Gasteiger partial charge in [-0.2, -0.15) is 4.98 Å². The monoisotopic (exact) mass is 266 g/mol. The lowest BCUT2D eigenvalue weighted by molar-refractivity contribution is 0.0470. The van der Waals surface area contributed by atoms with Crippen LogP contribution in [0.25, 0.3) is 0 Å². The van der Waals surface area contributed by atoms with Gasteiger partial charge in [0.1, 0.15) is 0 Å². The number of carbonyl (C=O) groups excluding carboxylic acids is 2. The van der Waals surface area contributed by atoms with Crippen LogP contribution in [0.4, 0.5) is 4.79 Å². The van der Waals surface area contributed by atoms with Crippen molar-refractivity contribution in [3.05, 3.63) is 11.7 Å². The number of rotatable bonds is 3. The van der Waals surface area contributed by atoms with Crippen LogP contribution in [0.5, 0.6) is 0 Å². The average molecular weight is 266 g/mol. The molecule has 2 atom stereocenters. The van der Waals surface area contributed by atoms with Gasteiger partial charge >= 0.3 is 17.9 Å². The molecule has 2 amide bonds. The summed E-state index contributed by atoms with van der Waals surface area (Å²) in [5.41, 5.74) is 0. The van der Waals surface area contributed by atoms with Crippen LogP contribution < -0.4 is 5.32 Å². The van der Waals surface area contributed by atoms with Crippen LogP contribution in [0.1, 0.15) is 42.3 Å². The molecule has 1 aromatic rings. The van der Waals surface area contributed by atoms with E-state index in [1.54, 1.807) is 11.8 Å². The summed E-state index contributed by atoms with van der Waals surface area (Å²) < 4.78 is 9.66. The third-order valence-corrected chi connectivity index (χ3v) is 3.36. The number of urea groups is 1. The summed E-state index contributed by atoms with van der Waals surface area (Å²) in [5.74, 6) is -0.446. The maximum Gasteiger partial charge on any atom is 0.397 e. The SMILES string of the molecule is CCOC(=O)c1nc([C@@H]2CC[C@@H]3CN2C(=O)N3)no1. The number of fused-ring (bicyclic) bond motifs is 2. The van der Waals surface area contributed by atoms with Gasteiger partial charge in [0.15, 0.2) is 5.82 Å². The van der Waals surface area contributed by atoms with E-state index in [1.807, 2.05) is 0 Å². The van der Waals surface area contributed by atoms with Crippen LogP contribution in [0.2, 0.25) is 0 Å². The standard InChI is InChI=1S/C11H14N4O4/c1-2-18-10(16)9-13-8(14-19-9)7-4-3-6-5-15(7)11(17)12-6/h6-7H,2-5H2,1H3,(H,12,17)/t6-,7+/m1/s1. The van der Waals surface area contributed by atoms with E-state index in [0.29, 0.717) is 12.4 Å². The van der Waals surface area contributed by atoms with Gasteiger partial charge in [0, 0.05) is 12.6 Å². The van der Waals surface area contributed by atoms with E-state index in [-0.39, 0.29) is 30.6 Å². The molecule has 3 rings (SSSR count). The number of hydrogen-bond donors (Lipinski definition) is 1. The predicted octanol–water partition coefficient (Wildman–Crippen LogP) is 0.475. The first-order valence-electron chi connectivity index (χ1n) is 6.27. The molecule has 2 aliphatic rings. The largest absolute Gasteiger partial charge is 0.459 e. The molecule has 2 saturated heterocycles. The molecule has 0 unspecified atom stereocenters. The summed E-state index contributed by atoms with van der Waals surface area (Å²) in [6, 6.07) is -0.138. The van der Waals surface area contributed by atoms with E-state index in [0.717, 1.165) is 12.8 Å². The molecule has 2 fully saturated rings. The molecule has 3 heterocycles. The highest BCUT2D eigenvalue weighted by Gasteiger charge is 2.41. The summed E-state index contributed by atoms with van der Waals surface area (Å²) in [4.78, 5) is 28.9. The van der Waals surface area contributed by atoms with Gasteiger partial charge in [0.2, 0.25) is 0 Å². The number of esters is 1. The number of carbonyl (C=O) groups is 2. The smallest absolute Gasteiger partial charge is 0.397 e. The fraction of sp³-hybridized carbons (Fsp3) is 0.636. The topological polar surface area (TPSA) is 97.6 Å². The van der Waals surface area contributed by atoms with Crippen molar-refractivity contribution in [3.63, 3.8) is 0 Å². The lowest BCUT2D eigenvalue weighted by Crippen LogP contribution is -2.34. The Kier molecular flexibility index (Phi) is 2.84. The molecule has 0 spiro atoms. The molecular formula is C11H14N4O4. The summed E-state index contributed by atoms with van der Waals surface area (Å²) >= 11 is 0. The molecule has 1 aromatic heterocycles. The Hall–Kier alpha value is -2.12. The minimum atomic E-state index is -0.638. The minimum Gasteiger partial charge on any atom is -0.459 e. The van der Waals surface area contributed by atoms with Gasteiger partial charge in [0.05, 0.1) is 12.6 Å². The lowest BCUT2D eigenvalue weighted by atomic mass is 10.0. The average Bonchev–Trinajstić information content (AvgIpc) is 2.98. The van der Waals surface area contributed by atoms with E-state index in [1.165, 1.54) is 0 Å². The third kappa shape index (κ3) is 2.02.